The van der Waals surface area contributed by atoms with Crippen LogP contribution in [-0.4, -0.2) is 37.9 Å². The second-order valence-electron chi connectivity index (χ2n) is 4.19. The summed E-state index contributed by atoms with van der Waals surface area (Å²) in [4.78, 5) is 12.3. The van der Waals surface area contributed by atoms with Gasteiger partial charge in [-0.1, -0.05) is 22.9 Å². The summed E-state index contributed by atoms with van der Waals surface area (Å²) in [5.74, 6) is 0.184. The standard InChI is InChI=1S/C14H19BrN2O3S/c1-3-6-16-14(21)17-13(18)11-9-10(15)4-5-12(11)20-8-7-19-2/h4-5,9H,3,6-8H2,1-2H3,(H2,16,17,18,21). The number of hydrogen-bond acceptors (Lipinski definition) is 4. The van der Waals surface area contributed by atoms with Crippen molar-refractivity contribution in [2.75, 3.05) is 26.9 Å². The lowest BCUT2D eigenvalue weighted by molar-refractivity contribution is 0.0968. The van der Waals surface area contributed by atoms with Crippen LogP contribution in [0.4, 0.5) is 0 Å². The number of methoxy groups -OCH3 is 1. The molecule has 0 aliphatic heterocycles. The Morgan fingerprint density at radius 3 is 2.81 bits per heavy atom. The average molecular weight is 375 g/mol. The first-order valence-corrected chi connectivity index (χ1v) is 7.79. The monoisotopic (exact) mass is 374 g/mol. The van der Waals surface area contributed by atoms with Crippen LogP contribution in [0.15, 0.2) is 22.7 Å². The van der Waals surface area contributed by atoms with Gasteiger partial charge < -0.3 is 14.8 Å². The Bertz CT molecular complexity index is 497. The zero-order valence-corrected chi connectivity index (χ0v) is 14.5. The minimum absolute atomic E-state index is 0.308. The van der Waals surface area contributed by atoms with E-state index in [2.05, 4.69) is 26.6 Å². The summed E-state index contributed by atoms with van der Waals surface area (Å²) in [5, 5.41) is 5.89. The minimum Gasteiger partial charge on any atom is -0.490 e. The zero-order chi connectivity index (χ0) is 15.7. The van der Waals surface area contributed by atoms with Crippen molar-refractivity contribution in [2.24, 2.45) is 0 Å². The number of rotatable bonds is 7. The van der Waals surface area contributed by atoms with Gasteiger partial charge in [0.1, 0.15) is 12.4 Å². The van der Waals surface area contributed by atoms with Crippen molar-refractivity contribution in [2.45, 2.75) is 13.3 Å². The molecular formula is C14H19BrN2O3S. The Balaban J connectivity index is 2.76. The molecule has 0 spiro atoms. The molecule has 0 aliphatic carbocycles. The summed E-state index contributed by atoms with van der Waals surface area (Å²) in [6.07, 6.45) is 0.929. The summed E-state index contributed by atoms with van der Waals surface area (Å²) < 4.78 is 11.3. The molecule has 0 saturated heterocycles. The van der Waals surface area contributed by atoms with Crippen LogP contribution in [0.5, 0.6) is 5.75 Å². The smallest absolute Gasteiger partial charge is 0.261 e. The molecule has 0 radical (unpaired) electrons. The number of benzene rings is 1. The third-order valence-corrected chi connectivity index (χ3v) is 3.23. The zero-order valence-electron chi connectivity index (χ0n) is 12.1. The fourth-order valence-corrected chi connectivity index (χ4v) is 2.05. The Hall–Kier alpha value is -1.18. The first-order chi connectivity index (χ1) is 10.1. The summed E-state index contributed by atoms with van der Waals surface area (Å²) >= 11 is 8.41. The first kappa shape index (κ1) is 17.9. The second-order valence-corrected chi connectivity index (χ2v) is 5.52. The van der Waals surface area contributed by atoms with Crippen LogP contribution < -0.4 is 15.4 Å². The molecule has 5 nitrogen and oxygen atoms in total. The lowest BCUT2D eigenvalue weighted by Gasteiger charge is -2.13. The van der Waals surface area contributed by atoms with Crippen molar-refractivity contribution >= 4 is 39.2 Å². The van der Waals surface area contributed by atoms with E-state index in [-0.39, 0.29) is 5.91 Å². The predicted octanol–water partition coefficient (Wildman–Crippen LogP) is 2.49. The summed E-state index contributed by atoms with van der Waals surface area (Å²) in [6, 6.07) is 5.24. The van der Waals surface area contributed by atoms with Crippen molar-refractivity contribution < 1.29 is 14.3 Å². The van der Waals surface area contributed by atoms with E-state index in [0.717, 1.165) is 17.4 Å². The molecule has 0 saturated carbocycles. The van der Waals surface area contributed by atoms with E-state index >= 15 is 0 Å². The van der Waals surface area contributed by atoms with Crippen molar-refractivity contribution in [1.29, 1.82) is 0 Å². The Morgan fingerprint density at radius 1 is 1.38 bits per heavy atom. The van der Waals surface area contributed by atoms with E-state index in [9.17, 15) is 4.79 Å². The number of halogens is 1. The predicted molar refractivity (Wildman–Crippen MR) is 89.9 cm³/mol. The van der Waals surface area contributed by atoms with Gasteiger partial charge in [-0.15, -0.1) is 0 Å². The van der Waals surface area contributed by atoms with Gasteiger partial charge in [-0.05, 0) is 36.8 Å². The van der Waals surface area contributed by atoms with E-state index in [0.29, 0.717) is 29.6 Å². The SMILES string of the molecule is CCCNC(=S)NC(=O)c1cc(Br)ccc1OCCOC. The van der Waals surface area contributed by atoms with Crippen LogP contribution in [-0.2, 0) is 4.74 Å². The molecule has 0 atom stereocenters. The highest BCUT2D eigenvalue weighted by molar-refractivity contribution is 9.10. The molecule has 0 fully saturated rings. The fraction of sp³-hybridized carbons (Fsp3) is 0.429. The Kier molecular flexibility index (Phi) is 8.26. The van der Waals surface area contributed by atoms with Gasteiger partial charge in [0.15, 0.2) is 5.11 Å². The maximum Gasteiger partial charge on any atom is 0.261 e. The summed E-state index contributed by atoms with van der Waals surface area (Å²) in [6.45, 7) is 3.56. The molecule has 0 unspecified atom stereocenters. The molecule has 7 heteroatoms. The number of carbonyl (C=O) groups excluding carboxylic acids is 1. The van der Waals surface area contributed by atoms with E-state index in [1.807, 2.05) is 13.0 Å². The molecule has 0 heterocycles. The van der Waals surface area contributed by atoms with Gasteiger partial charge in [-0.2, -0.15) is 0 Å². The highest BCUT2D eigenvalue weighted by Gasteiger charge is 2.14. The quantitative estimate of drug-likeness (QED) is 0.567. The molecule has 0 aromatic heterocycles. The van der Waals surface area contributed by atoms with Gasteiger partial charge in [0.25, 0.3) is 5.91 Å². The fourth-order valence-electron chi connectivity index (χ4n) is 1.49. The number of ether oxygens (including phenoxy) is 2. The van der Waals surface area contributed by atoms with Crippen molar-refractivity contribution in [1.82, 2.24) is 10.6 Å². The molecule has 1 rings (SSSR count). The number of hydrogen-bond donors (Lipinski definition) is 2. The Labute approximate surface area is 138 Å². The van der Waals surface area contributed by atoms with E-state index in [1.165, 1.54) is 0 Å². The highest BCUT2D eigenvalue weighted by Crippen LogP contribution is 2.23. The maximum absolute atomic E-state index is 12.3. The van der Waals surface area contributed by atoms with Crippen LogP contribution >= 0.6 is 28.1 Å². The van der Waals surface area contributed by atoms with E-state index < -0.39 is 0 Å². The maximum atomic E-state index is 12.3. The Morgan fingerprint density at radius 2 is 2.14 bits per heavy atom. The number of carbonyl (C=O) groups is 1. The molecule has 0 bridgehead atoms. The average Bonchev–Trinajstić information content (AvgIpc) is 2.46. The van der Waals surface area contributed by atoms with Crippen LogP contribution in [0.25, 0.3) is 0 Å². The first-order valence-electron chi connectivity index (χ1n) is 6.59. The molecule has 1 aromatic rings. The molecular weight excluding hydrogens is 356 g/mol. The van der Waals surface area contributed by atoms with Gasteiger partial charge in [0.05, 0.1) is 12.2 Å². The van der Waals surface area contributed by atoms with Crippen molar-refractivity contribution in [3.8, 4) is 5.75 Å². The van der Waals surface area contributed by atoms with Gasteiger partial charge in [0.2, 0.25) is 0 Å². The third-order valence-electron chi connectivity index (χ3n) is 2.49. The van der Waals surface area contributed by atoms with Gasteiger partial charge in [-0.25, -0.2) is 0 Å². The molecule has 21 heavy (non-hydrogen) atoms. The third kappa shape index (κ3) is 6.41. The largest absolute Gasteiger partial charge is 0.490 e. The molecule has 116 valence electrons. The molecule has 1 aromatic carbocycles. The number of thiocarbonyl (C=S) groups is 1. The van der Waals surface area contributed by atoms with Gasteiger partial charge in [0, 0.05) is 18.1 Å². The minimum atomic E-state index is -0.308. The highest BCUT2D eigenvalue weighted by atomic mass is 79.9. The van der Waals surface area contributed by atoms with E-state index in [1.54, 1.807) is 19.2 Å². The van der Waals surface area contributed by atoms with E-state index in [4.69, 9.17) is 21.7 Å². The lowest BCUT2D eigenvalue weighted by Crippen LogP contribution is -2.39. The van der Waals surface area contributed by atoms with Gasteiger partial charge in [-0.3, -0.25) is 10.1 Å². The molecule has 0 aliphatic rings. The van der Waals surface area contributed by atoms with Crippen LogP contribution in [0.1, 0.15) is 23.7 Å². The summed E-state index contributed by atoms with van der Waals surface area (Å²) in [5.41, 5.74) is 0.418. The molecule has 2 N–H and O–H groups in total. The summed E-state index contributed by atoms with van der Waals surface area (Å²) in [7, 11) is 1.59. The normalized spacial score (nSPS) is 10.0. The van der Waals surface area contributed by atoms with Crippen LogP contribution in [0.3, 0.4) is 0 Å². The topological polar surface area (TPSA) is 59.6 Å². The number of nitrogens with one attached hydrogen (secondary N) is 2. The number of amides is 1. The van der Waals surface area contributed by atoms with Gasteiger partial charge >= 0.3 is 0 Å². The van der Waals surface area contributed by atoms with Crippen LogP contribution in [0, 0.1) is 0 Å². The van der Waals surface area contributed by atoms with Crippen molar-refractivity contribution in [3.63, 3.8) is 0 Å². The second kappa shape index (κ2) is 9.70. The van der Waals surface area contributed by atoms with Crippen LogP contribution in [0.2, 0.25) is 0 Å². The van der Waals surface area contributed by atoms with Crippen molar-refractivity contribution in [3.05, 3.63) is 28.2 Å². The molecule has 1 amide bonds. The lowest BCUT2D eigenvalue weighted by atomic mass is 10.2.